The molecule has 0 unspecified atom stereocenters. The van der Waals surface area contributed by atoms with Gasteiger partial charge in [0, 0.05) is 18.1 Å². The van der Waals surface area contributed by atoms with Crippen LogP contribution in [0.3, 0.4) is 0 Å². The lowest BCUT2D eigenvalue weighted by Crippen LogP contribution is -2.29. The Kier molecular flexibility index (Phi) is 4.57. The molecule has 0 saturated carbocycles. The van der Waals surface area contributed by atoms with E-state index >= 15 is 0 Å². The number of ether oxygens (including phenoxy) is 1. The maximum atomic E-state index is 11.7. The number of methoxy groups -OCH3 is 1. The van der Waals surface area contributed by atoms with Crippen molar-refractivity contribution in [1.82, 2.24) is 20.3 Å². The molecule has 1 aromatic carbocycles. The first-order chi connectivity index (χ1) is 9.58. The van der Waals surface area contributed by atoms with Gasteiger partial charge >= 0.3 is 6.03 Å². The van der Waals surface area contributed by atoms with Gasteiger partial charge in [-0.1, -0.05) is 21.1 Å². The molecule has 0 saturated heterocycles. The van der Waals surface area contributed by atoms with Crippen LogP contribution in [0.25, 0.3) is 0 Å². The molecule has 0 aliphatic heterocycles. The standard InChI is InChI=1S/C12H14BrN5O2/c1-18-11(7-15-17-18)16-12(19)14-6-8-3-9(13)5-10(4-8)20-2/h3-5,7H,6H2,1-2H3,(H2,14,16,19). The molecule has 2 rings (SSSR count). The Hall–Kier alpha value is -2.09. The van der Waals surface area contributed by atoms with Crippen molar-refractivity contribution in [3.8, 4) is 5.75 Å². The topological polar surface area (TPSA) is 81.1 Å². The molecular weight excluding hydrogens is 326 g/mol. The second kappa shape index (κ2) is 6.38. The van der Waals surface area contributed by atoms with E-state index in [0.717, 1.165) is 15.8 Å². The quantitative estimate of drug-likeness (QED) is 0.891. The van der Waals surface area contributed by atoms with Crippen LogP contribution in [0.5, 0.6) is 5.75 Å². The Morgan fingerprint density at radius 1 is 1.45 bits per heavy atom. The number of hydrogen-bond donors (Lipinski definition) is 2. The maximum Gasteiger partial charge on any atom is 0.320 e. The summed E-state index contributed by atoms with van der Waals surface area (Å²) in [5.74, 6) is 1.25. The minimum Gasteiger partial charge on any atom is -0.497 e. The summed E-state index contributed by atoms with van der Waals surface area (Å²) >= 11 is 3.39. The van der Waals surface area contributed by atoms with E-state index in [1.54, 1.807) is 14.2 Å². The number of aromatic nitrogens is 3. The number of nitrogens with one attached hydrogen (secondary N) is 2. The van der Waals surface area contributed by atoms with E-state index in [-0.39, 0.29) is 6.03 Å². The molecule has 2 N–H and O–H groups in total. The van der Waals surface area contributed by atoms with Crippen molar-refractivity contribution >= 4 is 27.8 Å². The van der Waals surface area contributed by atoms with Gasteiger partial charge in [-0.3, -0.25) is 5.32 Å². The van der Waals surface area contributed by atoms with Gasteiger partial charge in [0.15, 0.2) is 5.82 Å². The summed E-state index contributed by atoms with van der Waals surface area (Å²) in [6, 6.07) is 5.30. The number of halogens is 1. The van der Waals surface area contributed by atoms with Gasteiger partial charge in [-0.15, -0.1) is 5.10 Å². The third-order valence-corrected chi connectivity index (χ3v) is 3.03. The molecule has 106 valence electrons. The van der Waals surface area contributed by atoms with Crippen molar-refractivity contribution in [2.24, 2.45) is 7.05 Å². The molecule has 1 heterocycles. The number of urea groups is 1. The van der Waals surface area contributed by atoms with Gasteiger partial charge in [0.1, 0.15) is 5.75 Å². The van der Waals surface area contributed by atoms with Crippen LogP contribution in [-0.2, 0) is 13.6 Å². The Morgan fingerprint density at radius 2 is 2.25 bits per heavy atom. The third kappa shape index (κ3) is 3.70. The first-order valence-electron chi connectivity index (χ1n) is 5.81. The highest BCUT2D eigenvalue weighted by molar-refractivity contribution is 9.10. The number of rotatable bonds is 4. The summed E-state index contributed by atoms with van der Waals surface area (Å²) in [5, 5.41) is 12.8. The number of carbonyl (C=O) groups excluding carboxylic acids is 1. The summed E-state index contributed by atoms with van der Waals surface area (Å²) in [7, 11) is 3.29. The van der Waals surface area contributed by atoms with E-state index in [2.05, 4.69) is 36.9 Å². The van der Waals surface area contributed by atoms with E-state index in [4.69, 9.17) is 4.74 Å². The second-order valence-electron chi connectivity index (χ2n) is 4.05. The molecule has 20 heavy (non-hydrogen) atoms. The molecule has 0 aliphatic carbocycles. The van der Waals surface area contributed by atoms with Crippen LogP contribution in [-0.4, -0.2) is 28.1 Å². The van der Waals surface area contributed by atoms with Crippen molar-refractivity contribution in [3.63, 3.8) is 0 Å². The summed E-state index contributed by atoms with van der Waals surface area (Å²) in [4.78, 5) is 11.7. The highest BCUT2D eigenvalue weighted by atomic mass is 79.9. The first-order valence-corrected chi connectivity index (χ1v) is 6.61. The molecule has 2 amide bonds. The van der Waals surface area contributed by atoms with Crippen molar-refractivity contribution in [2.75, 3.05) is 12.4 Å². The Morgan fingerprint density at radius 3 is 2.90 bits per heavy atom. The van der Waals surface area contributed by atoms with E-state index in [1.807, 2.05) is 18.2 Å². The van der Waals surface area contributed by atoms with E-state index in [0.29, 0.717) is 12.4 Å². The number of benzene rings is 1. The molecule has 0 spiro atoms. The lowest BCUT2D eigenvalue weighted by atomic mass is 10.2. The average molecular weight is 340 g/mol. The van der Waals surface area contributed by atoms with Gasteiger partial charge in [-0.25, -0.2) is 9.48 Å². The molecule has 0 radical (unpaired) electrons. The maximum absolute atomic E-state index is 11.7. The highest BCUT2D eigenvalue weighted by Gasteiger charge is 2.06. The van der Waals surface area contributed by atoms with Crippen LogP contribution in [0.1, 0.15) is 5.56 Å². The van der Waals surface area contributed by atoms with E-state index in [1.165, 1.54) is 10.9 Å². The van der Waals surface area contributed by atoms with Gasteiger partial charge in [-0.2, -0.15) is 0 Å². The molecule has 0 fully saturated rings. The largest absolute Gasteiger partial charge is 0.497 e. The highest BCUT2D eigenvalue weighted by Crippen LogP contribution is 2.21. The summed E-state index contributed by atoms with van der Waals surface area (Å²) < 4.78 is 7.53. The van der Waals surface area contributed by atoms with Crippen molar-refractivity contribution in [1.29, 1.82) is 0 Å². The number of carbonyl (C=O) groups is 1. The van der Waals surface area contributed by atoms with E-state index < -0.39 is 0 Å². The first kappa shape index (κ1) is 14.3. The predicted octanol–water partition coefficient (Wildman–Crippen LogP) is 1.91. The van der Waals surface area contributed by atoms with E-state index in [9.17, 15) is 4.79 Å². The molecule has 0 aliphatic rings. The Bertz CT molecular complexity index is 614. The van der Waals surface area contributed by atoms with Gasteiger partial charge in [0.25, 0.3) is 0 Å². The fourth-order valence-corrected chi connectivity index (χ4v) is 2.11. The Labute approximate surface area is 124 Å². The summed E-state index contributed by atoms with van der Waals surface area (Å²) in [5.41, 5.74) is 0.925. The molecular formula is C12H14BrN5O2. The zero-order valence-corrected chi connectivity index (χ0v) is 12.6. The van der Waals surface area contributed by atoms with Crippen LogP contribution in [0.15, 0.2) is 28.9 Å². The van der Waals surface area contributed by atoms with Crippen LogP contribution in [0.4, 0.5) is 10.6 Å². The van der Waals surface area contributed by atoms with Crippen molar-refractivity contribution in [2.45, 2.75) is 6.54 Å². The zero-order valence-electron chi connectivity index (χ0n) is 11.1. The van der Waals surface area contributed by atoms with Gasteiger partial charge in [-0.05, 0) is 23.8 Å². The predicted molar refractivity (Wildman–Crippen MR) is 77.6 cm³/mol. The number of aryl methyl sites for hydroxylation is 1. The molecule has 0 bridgehead atoms. The lowest BCUT2D eigenvalue weighted by Gasteiger charge is -2.09. The number of hydrogen-bond acceptors (Lipinski definition) is 4. The van der Waals surface area contributed by atoms with Crippen LogP contribution in [0.2, 0.25) is 0 Å². The fraction of sp³-hybridized carbons (Fsp3) is 0.250. The van der Waals surface area contributed by atoms with Crippen molar-refractivity contribution in [3.05, 3.63) is 34.4 Å². The molecule has 8 heteroatoms. The minimum absolute atomic E-state index is 0.325. The molecule has 0 atom stereocenters. The summed E-state index contributed by atoms with van der Waals surface area (Å²) in [6.07, 6.45) is 1.47. The van der Waals surface area contributed by atoms with Crippen LogP contribution in [0, 0.1) is 0 Å². The Balaban J connectivity index is 1.93. The smallest absolute Gasteiger partial charge is 0.320 e. The monoisotopic (exact) mass is 339 g/mol. The SMILES string of the molecule is COc1cc(Br)cc(CNC(=O)Nc2cnnn2C)c1. The normalized spacial score (nSPS) is 10.2. The third-order valence-electron chi connectivity index (χ3n) is 2.58. The molecule has 7 nitrogen and oxygen atoms in total. The number of nitrogens with zero attached hydrogens (tertiary/aromatic N) is 3. The fourth-order valence-electron chi connectivity index (χ4n) is 1.59. The van der Waals surface area contributed by atoms with Gasteiger partial charge in [0.2, 0.25) is 0 Å². The number of amides is 2. The average Bonchev–Trinajstić information content (AvgIpc) is 2.81. The molecule has 1 aromatic heterocycles. The van der Waals surface area contributed by atoms with Crippen LogP contribution < -0.4 is 15.4 Å². The van der Waals surface area contributed by atoms with Crippen LogP contribution >= 0.6 is 15.9 Å². The van der Waals surface area contributed by atoms with Gasteiger partial charge in [0.05, 0.1) is 13.3 Å². The molecule has 2 aromatic rings. The summed E-state index contributed by atoms with van der Waals surface area (Å²) in [6.45, 7) is 0.382. The van der Waals surface area contributed by atoms with Gasteiger partial charge < -0.3 is 10.1 Å². The number of anilines is 1. The minimum atomic E-state index is -0.325. The lowest BCUT2D eigenvalue weighted by molar-refractivity contribution is 0.251. The zero-order chi connectivity index (χ0) is 14.5. The second-order valence-corrected chi connectivity index (χ2v) is 4.97. The van der Waals surface area contributed by atoms with Crippen molar-refractivity contribution < 1.29 is 9.53 Å².